The number of rotatable bonds is 6. The summed E-state index contributed by atoms with van der Waals surface area (Å²) < 4.78 is 4.83. The highest BCUT2D eigenvalue weighted by atomic mass is 16.5. The molecule has 3 aromatic rings. The lowest BCUT2D eigenvalue weighted by Gasteiger charge is -2.15. The van der Waals surface area contributed by atoms with E-state index in [0.29, 0.717) is 17.0 Å². The molecule has 3 N–H and O–H groups in total. The highest BCUT2D eigenvalue weighted by Crippen LogP contribution is 2.37. The molecule has 0 aliphatic carbocycles. The van der Waals surface area contributed by atoms with Crippen LogP contribution < -0.4 is 16.0 Å². The topological polar surface area (TPSA) is 79.5 Å². The average molecular weight is 399 g/mol. The third-order valence-corrected chi connectivity index (χ3v) is 4.70. The molecule has 1 aliphatic heterocycles. The Morgan fingerprint density at radius 2 is 1.50 bits per heavy atom. The van der Waals surface area contributed by atoms with Crippen molar-refractivity contribution in [3.05, 3.63) is 90.0 Å². The SMILES string of the molecule is COCC(=O)Nc1ccc(N/C(=C2\C(=O)Nc3ccccc32)c2ccccc2)cc1. The summed E-state index contributed by atoms with van der Waals surface area (Å²) >= 11 is 0. The fourth-order valence-electron chi connectivity index (χ4n) is 3.36. The lowest BCUT2D eigenvalue weighted by Crippen LogP contribution is -2.17. The van der Waals surface area contributed by atoms with Gasteiger partial charge in [0.2, 0.25) is 5.91 Å². The Balaban J connectivity index is 1.69. The van der Waals surface area contributed by atoms with Crippen molar-refractivity contribution in [3.8, 4) is 0 Å². The largest absolute Gasteiger partial charge is 0.375 e. The summed E-state index contributed by atoms with van der Waals surface area (Å²) in [5.74, 6) is -0.365. The molecular weight excluding hydrogens is 378 g/mol. The summed E-state index contributed by atoms with van der Waals surface area (Å²) in [5.41, 5.74) is 5.32. The van der Waals surface area contributed by atoms with Gasteiger partial charge < -0.3 is 20.7 Å². The number of carbonyl (C=O) groups excluding carboxylic acids is 2. The molecular formula is C24H21N3O3. The molecule has 4 rings (SSSR count). The van der Waals surface area contributed by atoms with Crippen molar-refractivity contribution < 1.29 is 14.3 Å². The monoisotopic (exact) mass is 399 g/mol. The number of carbonyl (C=O) groups is 2. The van der Waals surface area contributed by atoms with Gasteiger partial charge in [-0.05, 0) is 35.9 Å². The lowest BCUT2D eigenvalue weighted by molar-refractivity contribution is -0.119. The Hall–Kier alpha value is -3.90. The first-order chi connectivity index (χ1) is 14.7. The van der Waals surface area contributed by atoms with Crippen molar-refractivity contribution in [2.75, 3.05) is 29.7 Å². The third-order valence-electron chi connectivity index (χ3n) is 4.70. The van der Waals surface area contributed by atoms with Crippen molar-refractivity contribution >= 4 is 40.1 Å². The van der Waals surface area contributed by atoms with Crippen LogP contribution in [-0.2, 0) is 14.3 Å². The number of nitrogens with one attached hydrogen (secondary N) is 3. The van der Waals surface area contributed by atoms with Gasteiger partial charge in [0.25, 0.3) is 5.91 Å². The van der Waals surface area contributed by atoms with Crippen LogP contribution in [0.15, 0.2) is 78.9 Å². The van der Waals surface area contributed by atoms with E-state index in [-0.39, 0.29) is 18.4 Å². The number of amides is 2. The third kappa shape index (κ3) is 4.09. The molecule has 1 heterocycles. The van der Waals surface area contributed by atoms with E-state index in [2.05, 4.69) is 16.0 Å². The van der Waals surface area contributed by atoms with E-state index in [1.165, 1.54) is 7.11 Å². The maximum atomic E-state index is 12.8. The van der Waals surface area contributed by atoms with Gasteiger partial charge in [0.15, 0.2) is 0 Å². The molecule has 1 aliphatic rings. The van der Waals surface area contributed by atoms with Gasteiger partial charge in [0, 0.05) is 29.7 Å². The normalized spacial score (nSPS) is 14.0. The summed E-state index contributed by atoms with van der Waals surface area (Å²) in [7, 11) is 1.47. The van der Waals surface area contributed by atoms with E-state index in [1.54, 1.807) is 12.1 Å². The predicted octanol–water partition coefficient (Wildman–Crippen LogP) is 4.20. The molecule has 0 aromatic heterocycles. The summed E-state index contributed by atoms with van der Waals surface area (Å²) in [6, 6.07) is 24.7. The second-order valence-electron chi connectivity index (χ2n) is 6.80. The maximum Gasteiger partial charge on any atom is 0.258 e. The van der Waals surface area contributed by atoms with Crippen molar-refractivity contribution in [1.82, 2.24) is 0 Å². The van der Waals surface area contributed by atoms with Crippen LogP contribution in [0, 0.1) is 0 Å². The van der Waals surface area contributed by atoms with Crippen molar-refractivity contribution in [3.63, 3.8) is 0 Å². The molecule has 6 heteroatoms. The van der Waals surface area contributed by atoms with Gasteiger partial charge in [0.05, 0.1) is 11.3 Å². The second kappa shape index (κ2) is 8.63. The van der Waals surface area contributed by atoms with E-state index in [1.807, 2.05) is 66.7 Å². The minimum Gasteiger partial charge on any atom is -0.375 e. The first-order valence-corrected chi connectivity index (χ1v) is 9.52. The van der Waals surface area contributed by atoms with Crippen LogP contribution in [0.1, 0.15) is 11.1 Å². The van der Waals surface area contributed by atoms with E-state index in [9.17, 15) is 9.59 Å². The first kappa shape index (κ1) is 19.4. The summed E-state index contributed by atoms with van der Waals surface area (Å²) in [6.45, 7) is -0.00122. The summed E-state index contributed by atoms with van der Waals surface area (Å²) in [5, 5.41) is 9.09. The number of hydrogen-bond acceptors (Lipinski definition) is 4. The molecule has 6 nitrogen and oxygen atoms in total. The standard InChI is InChI=1S/C24H21N3O3/c1-30-15-21(28)25-17-11-13-18(14-12-17)26-23(16-7-3-2-4-8-16)22-19-9-5-6-10-20(19)27-24(22)29/h2-14,26H,15H2,1H3,(H,25,28)(H,27,29)/b23-22-. The molecule has 0 radical (unpaired) electrons. The average Bonchev–Trinajstić information content (AvgIpc) is 3.09. The zero-order chi connectivity index (χ0) is 20.9. The van der Waals surface area contributed by atoms with Crippen LogP contribution in [0.3, 0.4) is 0 Å². The lowest BCUT2D eigenvalue weighted by atomic mass is 10.00. The fourth-order valence-corrected chi connectivity index (χ4v) is 3.36. The van der Waals surface area contributed by atoms with E-state index in [4.69, 9.17) is 4.74 Å². The Morgan fingerprint density at radius 3 is 2.20 bits per heavy atom. The van der Waals surface area contributed by atoms with E-state index >= 15 is 0 Å². The Morgan fingerprint density at radius 1 is 0.867 bits per heavy atom. The number of anilines is 3. The van der Waals surface area contributed by atoms with Gasteiger partial charge in [-0.15, -0.1) is 0 Å². The van der Waals surface area contributed by atoms with E-state index < -0.39 is 0 Å². The number of hydrogen-bond donors (Lipinski definition) is 3. The van der Waals surface area contributed by atoms with Crippen molar-refractivity contribution in [2.45, 2.75) is 0 Å². The zero-order valence-electron chi connectivity index (χ0n) is 16.4. The van der Waals surface area contributed by atoms with Gasteiger partial charge in [-0.25, -0.2) is 0 Å². The molecule has 0 saturated carbocycles. The Bertz CT molecular complexity index is 1110. The number of methoxy groups -OCH3 is 1. The molecule has 2 amide bonds. The van der Waals surface area contributed by atoms with E-state index in [0.717, 1.165) is 22.5 Å². The van der Waals surface area contributed by atoms with Gasteiger partial charge >= 0.3 is 0 Å². The Kier molecular flexibility index (Phi) is 5.59. The Labute approximate surface area is 174 Å². The minimum absolute atomic E-state index is 0.00122. The minimum atomic E-state index is -0.218. The number of fused-ring (bicyclic) bond motifs is 1. The quantitative estimate of drug-likeness (QED) is 0.543. The molecule has 30 heavy (non-hydrogen) atoms. The fraction of sp³-hybridized carbons (Fsp3) is 0.0833. The number of benzene rings is 3. The van der Waals surface area contributed by atoms with Gasteiger partial charge in [-0.1, -0.05) is 48.5 Å². The number of ether oxygens (including phenoxy) is 1. The molecule has 0 spiro atoms. The maximum absolute atomic E-state index is 12.8. The highest BCUT2D eigenvalue weighted by molar-refractivity contribution is 6.37. The summed E-state index contributed by atoms with van der Waals surface area (Å²) in [6.07, 6.45) is 0. The van der Waals surface area contributed by atoms with Gasteiger partial charge in [-0.3, -0.25) is 9.59 Å². The first-order valence-electron chi connectivity index (χ1n) is 9.52. The smallest absolute Gasteiger partial charge is 0.258 e. The predicted molar refractivity (Wildman–Crippen MR) is 119 cm³/mol. The molecule has 0 saturated heterocycles. The van der Waals surface area contributed by atoms with Gasteiger partial charge in [-0.2, -0.15) is 0 Å². The summed E-state index contributed by atoms with van der Waals surface area (Å²) in [4.78, 5) is 24.5. The van der Waals surface area contributed by atoms with Crippen LogP contribution in [0.4, 0.5) is 17.1 Å². The van der Waals surface area contributed by atoms with Crippen LogP contribution in [0.25, 0.3) is 11.3 Å². The molecule has 0 fully saturated rings. The highest BCUT2D eigenvalue weighted by Gasteiger charge is 2.27. The molecule has 3 aromatic carbocycles. The van der Waals surface area contributed by atoms with Crippen molar-refractivity contribution in [1.29, 1.82) is 0 Å². The van der Waals surface area contributed by atoms with Crippen LogP contribution in [0.5, 0.6) is 0 Å². The molecule has 150 valence electrons. The second-order valence-corrected chi connectivity index (χ2v) is 6.80. The molecule has 0 atom stereocenters. The molecule has 0 bridgehead atoms. The molecule has 0 unspecified atom stereocenters. The zero-order valence-corrected chi connectivity index (χ0v) is 16.4. The van der Waals surface area contributed by atoms with Crippen LogP contribution in [0.2, 0.25) is 0 Å². The van der Waals surface area contributed by atoms with Crippen molar-refractivity contribution in [2.24, 2.45) is 0 Å². The number of para-hydroxylation sites is 1. The van der Waals surface area contributed by atoms with Crippen LogP contribution >= 0.6 is 0 Å². The van der Waals surface area contributed by atoms with Gasteiger partial charge in [0.1, 0.15) is 6.61 Å². The van der Waals surface area contributed by atoms with Crippen LogP contribution in [-0.4, -0.2) is 25.5 Å².